The molecule has 0 spiro atoms. The van der Waals surface area contributed by atoms with Gasteiger partial charge in [-0.3, -0.25) is 9.59 Å². The van der Waals surface area contributed by atoms with Crippen molar-refractivity contribution in [2.75, 3.05) is 6.54 Å². The first-order chi connectivity index (χ1) is 14.0. The number of hydrogen-bond donors (Lipinski definition) is 0. The maximum Gasteiger partial charge on any atom is 0.256 e. The summed E-state index contributed by atoms with van der Waals surface area (Å²) in [4.78, 5) is 32.9. The van der Waals surface area contributed by atoms with Crippen LogP contribution in [-0.4, -0.2) is 36.5 Å². The van der Waals surface area contributed by atoms with E-state index in [0.29, 0.717) is 30.6 Å². The number of fused-ring (bicyclic) bond motifs is 3. The largest absolute Gasteiger partial charge is 0.334 e. The van der Waals surface area contributed by atoms with Crippen molar-refractivity contribution in [3.05, 3.63) is 74.9 Å². The minimum atomic E-state index is -0.130. The van der Waals surface area contributed by atoms with Gasteiger partial charge in [-0.1, -0.05) is 6.07 Å². The molecular weight excluding hydrogens is 386 g/mol. The number of rotatable bonds is 2. The zero-order chi connectivity index (χ0) is 20.1. The Morgan fingerprint density at radius 1 is 1.28 bits per heavy atom. The molecule has 4 aromatic heterocycles. The molecule has 29 heavy (non-hydrogen) atoms. The molecule has 0 N–H and O–H groups in total. The lowest BCUT2D eigenvalue weighted by Gasteiger charge is -2.29. The summed E-state index contributed by atoms with van der Waals surface area (Å²) >= 11 is 1.52. The molecule has 1 aliphatic rings. The Hall–Kier alpha value is -3.26. The van der Waals surface area contributed by atoms with Crippen LogP contribution in [0.1, 0.15) is 27.3 Å². The van der Waals surface area contributed by atoms with E-state index in [1.54, 1.807) is 19.3 Å². The molecule has 5 rings (SSSR count). The smallest absolute Gasteiger partial charge is 0.256 e. The summed E-state index contributed by atoms with van der Waals surface area (Å²) in [7, 11) is 1.67. The second-order valence-corrected chi connectivity index (χ2v) is 8.24. The highest BCUT2D eigenvalue weighted by Crippen LogP contribution is 2.29. The minimum absolute atomic E-state index is 0.0774. The van der Waals surface area contributed by atoms with Gasteiger partial charge in [0, 0.05) is 67.1 Å². The number of thiophene rings is 1. The first-order valence-corrected chi connectivity index (χ1v) is 10.3. The molecule has 0 saturated heterocycles. The summed E-state index contributed by atoms with van der Waals surface area (Å²) in [5.74, 6) is -0.0774. The molecule has 0 fully saturated rings. The van der Waals surface area contributed by atoms with Gasteiger partial charge >= 0.3 is 0 Å². The number of carbonyl (C=O) groups excluding carboxylic acids is 1. The lowest BCUT2D eigenvalue weighted by Crippen LogP contribution is -2.37. The van der Waals surface area contributed by atoms with E-state index in [1.807, 2.05) is 46.1 Å². The average Bonchev–Trinajstić information content (AvgIpc) is 3.37. The maximum absolute atomic E-state index is 13.4. The number of aromatic nitrogens is 4. The third-order valence-corrected chi connectivity index (χ3v) is 6.21. The van der Waals surface area contributed by atoms with Gasteiger partial charge in [0.25, 0.3) is 11.5 Å². The van der Waals surface area contributed by atoms with Gasteiger partial charge in [-0.25, -0.2) is 9.50 Å². The van der Waals surface area contributed by atoms with Gasteiger partial charge in [-0.05, 0) is 18.4 Å². The molecule has 0 aliphatic carbocycles. The fourth-order valence-corrected chi connectivity index (χ4v) is 4.59. The van der Waals surface area contributed by atoms with Crippen molar-refractivity contribution in [2.24, 2.45) is 7.05 Å². The van der Waals surface area contributed by atoms with Crippen molar-refractivity contribution in [3.8, 4) is 10.4 Å². The van der Waals surface area contributed by atoms with E-state index in [4.69, 9.17) is 0 Å². The molecule has 8 heteroatoms. The summed E-state index contributed by atoms with van der Waals surface area (Å²) in [6, 6.07) is 7.36. The lowest BCUT2D eigenvalue weighted by atomic mass is 10.0. The Labute approximate surface area is 170 Å². The van der Waals surface area contributed by atoms with Crippen LogP contribution in [-0.2, 0) is 20.0 Å². The minimum Gasteiger partial charge on any atom is -0.334 e. The number of hydrogen-bond acceptors (Lipinski definition) is 5. The lowest BCUT2D eigenvalue weighted by molar-refractivity contribution is 0.0732. The topological polar surface area (TPSA) is 72.5 Å². The zero-order valence-corrected chi connectivity index (χ0v) is 16.9. The summed E-state index contributed by atoms with van der Waals surface area (Å²) in [6.07, 6.45) is 4.20. The van der Waals surface area contributed by atoms with E-state index in [-0.39, 0.29) is 11.5 Å². The summed E-state index contributed by atoms with van der Waals surface area (Å²) in [5, 5.41) is 6.48. The van der Waals surface area contributed by atoms with Crippen LogP contribution in [0.4, 0.5) is 0 Å². The number of pyridine rings is 1. The third-order valence-electron chi connectivity index (χ3n) is 5.30. The Bertz CT molecular complexity index is 1300. The molecule has 0 bridgehead atoms. The van der Waals surface area contributed by atoms with Crippen LogP contribution in [0.5, 0.6) is 0 Å². The van der Waals surface area contributed by atoms with E-state index < -0.39 is 0 Å². The molecule has 0 aromatic carbocycles. The molecule has 1 amide bonds. The summed E-state index contributed by atoms with van der Waals surface area (Å²) in [6.45, 7) is 3.02. The van der Waals surface area contributed by atoms with Gasteiger partial charge in [0.15, 0.2) is 5.65 Å². The number of aryl methyl sites for hydroxylation is 2. The Kier molecular flexibility index (Phi) is 4.09. The van der Waals surface area contributed by atoms with Gasteiger partial charge in [0.2, 0.25) is 0 Å². The van der Waals surface area contributed by atoms with Crippen molar-refractivity contribution in [3.63, 3.8) is 0 Å². The van der Waals surface area contributed by atoms with E-state index in [2.05, 4.69) is 10.1 Å². The van der Waals surface area contributed by atoms with Crippen molar-refractivity contribution < 1.29 is 4.79 Å². The molecular formula is C21H19N5O2S. The predicted octanol–water partition coefficient (Wildman–Crippen LogP) is 2.66. The second-order valence-electron chi connectivity index (χ2n) is 7.29. The number of amides is 1. The Balaban J connectivity index is 1.53. The fourth-order valence-electron chi connectivity index (χ4n) is 3.83. The molecule has 4 aromatic rings. The van der Waals surface area contributed by atoms with Crippen LogP contribution in [0.2, 0.25) is 0 Å². The van der Waals surface area contributed by atoms with Crippen LogP contribution in [0.3, 0.4) is 0 Å². The van der Waals surface area contributed by atoms with Gasteiger partial charge in [0.05, 0.1) is 17.0 Å². The molecule has 1 aliphatic heterocycles. The molecule has 5 heterocycles. The Morgan fingerprint density at radius 2 is 2.14 bits per heavy atom. The second kappa shape index (κ2) is 6.66. The van der Waals surface area contributed by atoms with Crippen LogP contribution in [0, 0.1) is 6.92 Å². The SMILES string of the molecule is Cc1cc2ncc3c(n2n1)CCN(C(=O)c1cn(C)c(=O)cc1-c1cccs1)C3. The maximum atomic E-state index is 13.4. The fraction of sp³-hybridized carbons (Fsp3) is 0.238. The van der Waals surface area contributed by atoms with Crippen molar-refractivity contribution in [1.29, 1.82) is 0 Å². The molecule has 0 atom stereocenters. The van der Waals surface area contributed by atoms with Crippen LogP contribution in [0.15, 0.2) is 46.8 Å². The first-order valence-electron chi connectivity index (χ1n) is 9.38. The standard InChI is InChI=1S/C21H19N5O2S/c1-13-8-19-22-10-14-11-25(6-5-17(14)26(19)23-13)21(28)16-12-24(2)20(27)9-15(16)18-4-3-7-29-18/h3-4,7-10,12H,5-6,11H2,1-2H3. The molecule has 0 unspecified atom stereocenters. The van der Waals surface area contributed by atoms with E-state index in [9.17, 15) is 9.59 Å². The average molecular weight is 405 g/mol. The van der Waals surface area contributed by atoms with Gasteiger partial charge in [-0.15, -0.1) is 11.3 Å². The van der Waals surface area contributed by atoms with Crippen molar-refractivity contribution in [1.82, 2.24) is 24.1 Å². The normalized spacial score (nSPS) is 13.7. The zero-order valence-electron chi connectivity index (χ0n) is 16.1. The molecule has 0 radical (unpaired) electrons. The van der Waals surface area contributed by atoms with Gasteiger partial charge in [-0.2, -0.15) is 5.10 Å². The van der Waals surface area contributed by atoms with Crippen LogP contribution >= 0.6 is 11.3 Å². The van der Waals surface area contributed by atoms with Crippen LogP contribution < -0.4 is 5.56 Å². The molecule has 7 nitrogen and oxygen atoms in total. The molecule has 0 saturated carbocycles. The third kappa shape index (κ3) is 2.96. The van der Waals surface area contributed by atoms with E-state index >= 15 is 0 Å². The van der Waals surface area contributed by atoms with Crippen LogP contribution in [0.25, 0.3) is 16.1 Å². The van der Waals surface area contributed by atoms with Crippen molar-refractivity contribution >= 4 is 22.9 Å². The monoisotopic (exact) mass is 405 g/mol. The van der Waals surface area contributed by atoms with Crippen molar-refractivity contribution in [2.45, 2.75) is 19.9 Å². The Morgan fingerprint density at radius 3 is 2.93 bits per heavy atom. The summed E-state index contributed by atoms with van der Waals surface area (Å²) in [5.41, 5.74) is 4.97. The van der Waals surface area contributed by atoms with Gasteiger partial charge in [0.1, 0.15) is 0 Å². The predicted molar refractivity (Wildman–Crippen MR) is 111 cm³/mol. The highest BCUT2D eigenvalue weighted by molar-refractivity contribution is 7.13. The quantitative estimate of drug-likeness (QED) is 0.514. The highest BCUT2D eigenvalue weighted by Gasteiger charge is 2.26. The van der Waals surface area contributed by atoms with Gasteiger partial charge < -0.3 is 9.47 Å². The first kappa shape index (κ1) is 17.8. The van der Waals surface area contributed by atoms with E-state index in [1.165, 1.54) is 15.9 Å². The number of nitrogens with zero attached hydrogens (tertiary/aromatic N) is 5. The number of carbonyl (C=O) groups is 1. The van der Waals surface area contributed by atoms with E-state index in [0.717, 1.165) is 27.5 Å². The summed E-state index contributed by atoms with van der Waals surface area (Å²) < 4.78 is 3.34. The highest BCUT2D eigenvalue weighted by atomic mass is 32.1. The molecule has 146 valence electrons.